The van der Waals surface area contributed by atoms with Gasteiger partial charge in [0.25, 0.3) is 0 Å². The molecule has 1 atom stereocenters. The number of pyridine rings is 1. The van der Waals surface area contributed by atoms with Crippen molar-refractivity contribution in [2.45, 2.75) is 20.0 Å². The molecule has 0 amide bonds. The van der Waals surface area contributed by atoms with E-state index in [-0.39, 0.29) is 0 Å². The minimum Gasteiger partial charge on any atom is -0.392 e. The van der Waals surface area contributed by atoms with Crippen LogP contribution in [0.25, 0.3) is 5.65 Å². The maximum Gasteiger partial charge on any atom is 0.243 e. The first kappa shape index (κ1) is 9.92. The van der Waals surface area contributed by atoms with E-state index in [1.54, 1.807) is 11.4 Å². The normalized spacial score (nSPS) is 13.0. The van der Waals surface area contributed by atoms with Crippen LogP contribution in [-0.2, 0) is 0 Å². The molecule has 5 nitrogen and oxygen atoms in total. The molecule has 0 radical (unpaired) electrons. The van der Waals surface area contributed by atoms with Crippen molar-refractivity contribution >= 4 is 11.6 Å². The standard InChI is InChI=1S/C10H14N4O/c1-7-3-4-14-9(5-7)12-10(13-14)11-6-8(2)15/h3-5,8,15H,6H2,1-2H3,(H,11,13). The summed E-state index contributed by atoms with van der Waals surface area (Å²) in [5, 5.41) is 16.3. The molecule has 0 fully saturated rings. The molecule has 0 aliphatic carbocycles. The smallest absolute Gasteiger partial charge is 0.243 e. The molecule has 2 rings (SSSR count). The average molecular weight is 206 g/mol. The molecule has 0 aromatic carbocycles. The zero-order valence-electron chi connectivity index (χ0n) is 8.81. The van der Waals surface area contributed by atoms with Crippen molar-refractivity contribution < 1.29 is 5.11 Å². The van der Waals surface area contributed by atoms with Crippen molar-refractivity contribution in [1.29, 1.82) is 0 Å². The van der Waals surface area contributed by atoms with Gasteiger partial charge in [0.15, 0.2) is 5.65 Å². The molecule has 2 heterocycles. The number of aliphatic hydroxyl groups excluding tert-OH is 1. The van der Waals surface area contributed by atoms with E-state index in [2.05, 4.69) is 15.4 Å². The second kappa shape index (κ2) is 3.86. The van der Waals surface area contributed by atoms with Crippen LogP contribution in [0.3, 0.4) is 0 Å². The molecule has 0 saturated carbocycles. The highest BCUT2D eigenvalue weighted by molar-refractivity contribution is 5.45. The Morgan fingerprint density at radius 2 is 2.40 bits per heavy atom. The molecule has 2 aromatic rings. The summed E-state index contributed by atoms with van der Waals surface area (Å²) in [5.74, 6) is 0.543. The van der Waals surface area contributed by atoms with Crippen LogP contribution in [0.15, 0.2) is 18.3 Å². The number of aryl methyl sites for hydroxylation is 1. The van der Waals surface area contributed by atoms with Gasteiger partial charge in [-0.2, -0.15) is 4.98 Å². The lowest BCUT2D eigenvalue weighted by Crippen LogP contribution is -2.16. The maximum absolute atomic E-state index is 9.11. The lowest BCUT2D eigenvalue weighted by molar-refractivity contribution is 0.208. The van der Waals surface area contributed by atoms with Crippen LogP contribution in [0.2, 0.25) is 0 Å². The third-order valence-electron chi connectivity index (χ3n) is 2.05. The molecule has 0 bridgehead atoms. The topological polar surface area (TPSA) is 62.5 Å². The molecule has 0 aliphatic heterocycles. The van der Waals surface area contributed by atoms with E-state index >= 15 is 0 Å². The summed E-state index contributed by atoms with van der Waals surface area (Å²) in [6.07, 6.45) is 1.46. The summed E-state index contributed by atoms with van der Waals surface area (Å²) in [6.45, 7) is 4.18. The summed E-state index contributed by atoms with van der Waals surface area (Å²) in [6, 6.07) is 3.93. The summed E-state index contributed by atoms with van der Waals surface area (Å²) in [4.78, 5) is 4.28. The van der Waals surface area contributed by atoms with Crippen molar-refractivity contribution in [3.05, 3.63) is 23.9 Å². The number of aromatic nitrogens is 3. The minimum atomic E-state index is -0.404. The van der Waals surface area contributed by atoms with Gasteiger partial charge in [0, 0.05) is 12.7 Å². The molecular weight excluding hydrogens is 192 g/mol. The molecule has 2 aromatic heterocycles. The number of nitrogens with one attached hydrogen (secondary N) is 1. The van der Waals surface area contributed by atoms with Gasteiger partial charge >= 0.3 is 0 Å². The van der Waals surface area contributed by atoms with E-state index in [1.165, 1.54) is 0 Å². The van der Waals surface area contributed by atoms with Gasteiger partial charge in [-0.1, -0.05) is 0 Å². The molecule has 2 N–H and O–H groups in total. The molecule has 1 unspecified atom stereocenters. The number of nitrogens with zero attached hydrogens (tertiary/aromatic N) is 3. The van der Waals surface area contributed by atoms with Crippen LogP contribution >= 0.6 is 0 Å². The van der Waals surface area contributed by atoms with Crippen LogP contribution in [0, 0.1) is 6.92 Å². The predicted octanol–water partition coefficient (Wildman–Crippen LogP) is 0.830. The highest BCUT2D eigenvalue weighted by Crippen LogP contribution is 2.07. The number of rotatable bonds is 3. The number of fused-ring (bicyclic) bond motifs is 1. The van der Waals surface area contributed by atoms with Gasteiger partial charge in [-0.3, -0.25) is 0 Å². The van der Waals surface area contributed by atoms with Gasteiger partial charge in [0.1, 0.15) is 0 Å². The largest absolute Gasteiger partial charge is 0.392 e. The Labute approximate surface area is 87.8 Å². The molecule has 15 heavy (non-hydrogen) atoms. The van der Waals surface area contributed by atoms with E-state index < -0.39 is 6.10 Å². The van der Waals surface area contributed by atoms with E-state index in [0.29, 0.717) is 12.5 Å². The average Bonchev–Trinajstić information content (AvgIpc) is 2.56. The van der Waals surface area contributed by atoms with Crippen molar-refractivity contribution in [2.75, 3.05) is 11.9 Å². The third kappa shape index (κ3) is 2.24. The van der Waals surface area contributed by atoms with Crippen molar-refractivity contribution in [3.8, 4) is 0 Å². The molecule has 0 spiro atoms. The maximum atomic E-state index is 9.11. The van der Waals surface area contributed by atoms with Crippen LogP contribution in [0.4, 0.5) is 5.95 Å². The fraction of sp³-hybridized carbons (Fsp3) is 0.400. The number of hydrogen-bond acceptors (Lipinski definition) is 4. The van der Waals surface area contributed by atoms with E-state index in [9.17, 15) is 0 Å². The van der Waals surface area contributed by atoms with Gasteiger partial charge < -0.3 is 10.4 Å². The molecular formula is C10H14N4O. The highest BCUT2D eigenvalue weighted by Gasteiger charge is 2.03. The van der Waals surface area contributed by atoms with Gasteiger partial charge in [-0.25, -0.2) is 4.52 Å². The van der Waals surface area contributed by atoms with Crippen LogP contribution in [0.5, 0.6) is 0 Å². The zero-order valence-corrected chi connectivity index (χ0v) is 8.81. The molecule has 0 aliphatic rings. The SMILES string of the molecule is Cc1ccn2nc(NCC(C)O)nc2c1. The molecule has 5 heteroatoms. The first-order valence-corrected chi connectivity index (χ1v) is 4.90. The van der Waals surface area contributed by atoms with Crippen molar-refractivity contribution in [1.82, 2.24) is 14.6 Å². The van der Waals surface area contributed by atoms with Crippen molar-refractivity contribution in [3.63, 3.8) is 0 Å². The van der Waals surface area contributed by atoms with Crippen LogP contribution in [-0.4, -0.2) is 32.4 Å². The number of anilines is 1. The van der Waals surface area contributed by atoms with Crippen LogP contribution < -0.4 is 5.32 Å². The Kier molecular flexibility index (Phi) is 2.55. The Balaban J connectivity index is 2.23. The number of hydrogen-bond donors (Lipinski definition) is 2. The molecule has 0 saturated heterocycles. The van der Waals surface area contributed by atoms with Gasteiger partial charge in [-0.15, -0.1) is 5.10 Å². The van der Waals surface area contributed by atoms with Crippen molar-refractivity contribution in [2.24, 2.45) is 0 Å². The lowest BCUT2D eigenvalue weighted by Gasteiger charge is -2.02. The zero-order chi connectivity index (χ0) is 10.8. The van der Waals surface area contributed by atoms with Crippen LogP contribution in [0.1, 0.15) is 12.5 Å². The summed E-state index contributed by atoms with van der Waals surface area (Å²) >= 11 is 0. The fourth-order valence-electron chi connectivity index (χ4n) is 1.30. The highest BCUT2D eigenvalue weighted by atomic mass is 16.3. The Morgan fingerprint density at radius 3 is 3.13 bits per heavy atom. The quantitative estimate of drug-likeness (QED) is 0.780. The predicted molar refractivity (Wildman–Crippen MR) is 57.9 cm³/mol. The number of aliphatic hydroxyl groups is 1. The summed E-state index contributed by atoms with van der Waals surface area (Å²) in [7, 11) is 0. The van der Waals surface area contributed by atoms with Gasteiger partial charge in [-0.05, 0) is 31.5 Å². The fourth-order valence-corrected chi connectivity index (χ4v) is 1.30. The Bertz CT molecular complexity index is 463. The summed E-state index contributed by atoms with van der Waals surface area (Å²) < 4.78 is 1.71. The monoisotopic (exact) mass is 206 g/mol. The van der Waals surface area contributed by atoms with Gasteiger partial charge in [0.05, 0.1) is 6.10 Å². The van der Waals surface area contributed by atoms with E-state index in [1.807, 2.05) is 25.3 Å². The Morgan fingerprint density at radius 1 is 1.60 bits per heavy atom. The van der Waals surface area contributed by atoms with E-state index in [4.69, 9.17) is 5.11 Å². The van der Waals surface area contributed by atoms with Gasteiger partial charge in [0.2, 0.25) is 5.95 Å². The first-order valence-electron chi connectivity index (χ1n) is 4.90. The third-order valence-corrected chi connectivity index (χ3v) is 2.05. The minimum absolute atomic E-state index is 0.404. The lowest BCUT2D eigenvalue weighted by atomic mass is 10.3. The molecule has 80 valence electrons. The van der Waals surface area contributed by atoms with E-state index in [0.717, 1.165) is 11.2 Å². The Hall–Kier alpha value is -1.62. The first-order chi connectivity index (χ1) is 7.15. The summed E-state index contributed by atoms with van der Waals surface area (Å²) in [5.41, 5.74) is 1.96. The second-order valence-electron chi connectivity index (χ2n) is 3.67. The second-order valence-corrected chi connectivity index (χ2v) is 3.67.